The topological polar surface area (TPSA) is 95.3 Å². The SMILES string of the molecule is CSC(CO)C(C)Nc1cnc(C(=O)O)cn1. The van der Waals surface area contributed by atoms with Gasteiger partial charge in [-0.25, -0.2) is 14.8 Å². The molecule has 0 saturated heterocycles. The van der Waals surface area contributed by atoms with Crippen LogP contribution < -0.4 is 5.32 Å². The third-order valence-corrected chi connectivity index (χ3v) is 3.45. The number of carbonyl (C=O) groups is 1. The summed E-state index contributed by atoms with van der Waals surface area (Å²) in [5.41, 5.74) is -0.0909. The molecule has 1 heterocycles. The van der Waals surface area contributed by atoms with E-state index in [2.05, 4.69) is 15.3 Å². The Bertz CT molecular complexity index is 368. The molecule has 0 aliphatic rings. The van der Waals surface area contributed by atoms with Gasteiger partial charge in [-0.15, -0.1) is 0 Å². The van der Waals surface area contributed by atoms with Crippen LogP contribution in [0.2, 0.25) is 0 Å². The monoisotopic (exact) mass is 257 g/mol. The lowest BCUT2D eigenvalue weighted by Crippen LogP contribution is -2.31. The number of carboxylic acid groups (broad SMARTS) is 1. The van der Waals surface area contributed by atoms with E-state index in [1.54, 1.807) is 11.8 Å². The Balaban J connectivity index is 2.65. The number of aromatic nitrogens is 2. The lowest BCUT2D eigenvalue weighted by molar-refractivity contribution is 0.0690. The van der Waals surface area contributed by atoms with Gasteiger partial charge < -0.3 is 15.5 Å². The molecule has 17 heavy (non-hydrogen) atoms. The van der Waals surface area contributed by atoms with Gasteiger partial charge in [0.2, 0.25) is 0 Å². The van der Waals surface area contributed by atoms with E-state index < -0.39 is 5.97 Å². The third-order valence-electron chi connectivity index (χ3n) is 2.29. The van der Waals surface area contributed by atoms with Crippen LogP contribution in [-0.4, -0.2) is 50.3 Å². The minimum atomic E-state index is -1.10. The lowest BCUT2D eigenvalue weighted by atomic mass is 10.2. The molecule has 0 aliphatic carbocycles. The average Bonchev–Trinajstić information content (AvgIpc) is 2.31. The molecule has 0 bridgehead atoms. The number of thioether (sulfide) groups is 1. The van der Waals surface area contributed by atoms with Gasteiger partial charge in [-0.1, -0.05) is 0 Å². The number of aliphatic hydroxyl groups excluding tert-OH is 1. The van der Waals surface area contributed by atoms with Gasteiger partial charge in [-0.3, -0.25) is 0 Å². The highest BCUT2D eigenvalue weighted by Crippen LogP contribution is 2.14. The fourth-order valence-electron chi connectivity index (χ4n) is 1.28. The molecule has 0 aliphatic heterocycles. The normalized spacial score (nSPS) is 14.1. The second kappa shape index (κ2) is 6.41. The molecule has 1 aromatic heterocycles. The molecule has 6 nitrogen and oxygen atoms in total. The van der Waals surface area contributed by atoms with Crippen molar-refractivity contribution in [2.24, 2.45) is 0 Å². The van der Waals surface area contributed by atoms with E-state index in [9.17, 15) is 4.79 Å². The van der Waals surface area contributed by atoms with Gasteiger partial charge >= 0.3 is 5.97 Å². The quantitative estimate of drug-likeness (QED) is 0.690. The molecule has 2 unspecified atom stereocenters. The lowest BCUT2D eigenvalue weighted by Gasteiger charge is -2.21. The van der Waals surface area contributed by atoms with Crippen molar-refractivity contribution in [2.75, 3.05) is 18.2 Å². The van der Waals surface area contributed by atoms with Gasteiger partial charge in [0.25, 0.3) is 0 Å². The summed E-state index contributed by atoms with van der Waals surface area (Å²) in [5, 5.41) is 20.9. The fraction of sp³-hybridized carbons (Fsp3) is 0.500. The van der Waals surface area contributed by atoms with Gasteiger partial charge in [0.05, 0.1) is 19.0 Å². The summed E-state index contributed by atoms with van der Waals surface area (Å²) in [7, 11) is 0. The number of hydrogen-bond donors (Lipinski definition) is 3. The minimum absolute atomic E-state index is 0.0139. The van der Waals surface area contributed by atoms with Crippen LogP contribution in [0.5, 0.6) is 0 Å². The first-order chi connectivity index (χ1) is 8.08. The molecule has 0 amide bonds. The van der Waals surface area contributed by atoms with E-state index in [1.165, 1.54) is 12.4 Å². The first-order valence-corrected chi connectivity index (χ1v) is 6.32. The Hall–Kier alpha value is -1.34. The van der Waals surface area contributed by atoms with Crippen LogP contribution in [0.4, 0.5) is 5.82 Å². The third kappa shape index (κ3) is 3.86. The largest absolute Gasteiger partial charge is 0.476 e. The van der Waals surface area contributed by atoms with E-state index in [0.717, 1.165) is 0 Å². The highest BCUT2D eigenvalue weighted by molar-refractivity contribution is 7.99. The number of nitrogens with one attached hydrogen (secondary N) is 1. The highest BCUT2D eigenvalue weighted by atomic mass is 32.2. The van der Waals surface area contributed by atoms with Crippen molar-refractivity contribution < 1.29 is 15.0 Å². The van der Waals surface area contributed by atoms with Gasteiger partial charge in [0, 0.05) is 11.3 Å². The molecule has 2 atom stereocenters. The van der Waals surface area contributed by atoms with Crippen molar-refractivity contribution in [3.05, 3.63) is 18.1 Å². The summed E-state index contributed by atoms with van der Waals surface area (Å²) in [6.45, 7) is 1.99. The van der Waals surface area contributed by atoms with Crippen molar-refractivity contribution in [3.8, 4) is 0 Å². The van der Waals surface area contributed by atoms with Crippen LogP contribution in [0.15, 0.2) is 12.4 Å². The zero-order chi connectivity index (χ0) is 12.8. The van der Waals surface area contributed by atoms with Crippen LogP contribution in [0.25, 0.3) is 0 Å². The average molecular weight is 257 g/mol. The Morgan fingerprint density at radius 1 is 1.53 bits per heavy atom. The molecule has 94 valence electrons. The van der Waals surface area contributed by atoms with Crippen molar-refractivity contribution in [1.82, 2.24) is 9.97 Å². The van der Waals surface area contributed by atoms with Gasteiger partial charge in [0.1, 0.15) is 5.82 Å². The second-order valence-electron chi connectivity index (χ2n) is 3.48. The summed E-state index contributed by atoms with van der Waals surface area (Å²) in [6, 6.07) is 0.0139. The zero-order valence-electron chi connectivity index (χ0n) is 9.62. The standard InChI is InChI=1S/C10H15N3O3S/c1-6(8(5-14)17-2)13-9-4-11-7(3-12-9)10(15)16/h3-4,6,8,14H,5H2,1-2H3,(H,12,13)(H,15,16). The number of hydrogen-bond acceptors (Lipinski definition) is 6. The van der Waals surface area contributed by atoms with E-state index in [-0.39, 0.29) is 23.6 Å². The Labute approximate surface area is 103 Å². The van der Waals surface area contributed by atoms with Crippen LogP contribution in [0.3, 0.4) is 0 Å². The maximum absolute atomic E-state index is 10.6. The summed E-state index contributed by atoms with van der Waals surface area (Å²) >= 11 is 1.55. The van der Waals surface area contributed by atoms with Crippen molar-refractivity contribution in [1.29, 1.82) is 0 Å². The molecule has 0 spiro atoms. The van der Waals surface area contributed by atoms with E-state index in [0.29, 0.717) is 5.82 Å². The summed E-state index contributed by atoms with van der Waals surface area (Å²) in [5.74, 6) is -0.607. The highest BCUT2D eigenvalue weighted by Gasteiger charge is 2.15. The maximum atomic E-state index is 10.6. The van der Waals surface area contributed by atoms with Crippen molar-refractivity contribution in [3.63, 3.8) is 0 Å². The van der Waals surface area contributed by atoms with E-state index in [4.69, 9.17) is 10.2 Å². The number of rotatable bonds is 6. The van der Waals surface area contributed by atoms with Crippen LogP contribution in [0, 0.1) is 0 Å². The van der Waals surface area contributed by atoms with E-state index in [1.807, 2.05) is 13.2 Å². The molecule has 0 saturated carbocycles. The van der Waals surface area contributed by atoms with Gasteiger partial charge in [0.15, 0.2) is 5.69 Å². The van der Waals surface area contributed by atoms with Crippen LogP contribution in [0.1, 0.15) is 17.4 Å². The molecule has 1 rings (SSSR count). The van der Waals surface area contributed by atoms with Crippen molar-refractivity contribution in [2.45, 2.75) is 18.2 Å². The summed E-state index contributed by atoms with van der Waals surface area (Å²) in [4.78, 5) is 18.3. The molecular weight excluding hydrogens is 242 g/mol. The van der Waals surface area contributed by atoms with Crippen LogP contribution in [-0.2, 0) is 0 Å². The number of carboxylic acids is 1. The van der Waals surface area contributed by atoms with Crippen LogP contribution >= 0.6 is 11.8 Å². The predicted octanol–water partition coefficient (Wildman–Crippen LogP) is 0.699. The Kier molecular flexibility index (Phi) is 5.17. The molecule has 0 aromatic carbocycles. The first-order valence-electron chi connectivity index (χ1n) is 5.04. The zero-order valence-corrected chi connectivity index (χ0v) is 10.4. The minimum Gasteiger partial charge on any atom is -0.476 e. The molecular formula is C10H15N3O3S. The number of aromatic carboxylic acids is 1. The Morgan fingerprint density at radius 2 is 2.24 bits per heavy atom. The van der Waals surface area contributed by atoms with E-state index >= 15 is 0 Å². The van der Waals surface area contributed by atoms with Gasteiger partial charge in [-0.05, 0) is 13.2 Å². The van der Waals surface area contributed by atoms with Crippen molar-refractivity contribution >= 4 is 23.5 Å². The number of anilines is 1. The summed E-state index contributed by atoms with van der Waals surface area (Å²) in [6.07, 6.45) is 4.48. The molecule has 3 N–H and O–H groups in total. The summed E-state index contributed by atoms with van der Waals surface area (Å²) < 4.78 is 0. The molecule has 7 heteroatoms. The molecule has 0 fully saturated rings. The molecule has 1 aromatic rings. The Morgan fingerprint density at radius 3 is 2.65 bits per heavy atom. The second-order valence-corrected chi connectivity index (χ2v) is 4.56. The number of aliphatic hydroxyl groups is 1. The fourth-order valence-corrected chi connectivity index (χ4v) is 1.90. The maximum Gasteiger partial charge on any atom is 0.356 e. The molecule has 0 radical (unpaired) electrons. The van der Waals surface area contributed by atoms with Gasteiger partial charge in [-0.2, -0.15) is 11.8 Å². The number of nitrogens with zero attached hydrogens (tertiary/aromatic N) is 2. The first kappa shape index (κ1) is 13.7. The predicted molar refractivity (Wildman–Crippen MR) is 66.5 cm³/mol. The smallest absolute Gasteiger partial charge is 0.356 e.